The van der Waals surface area contributed by atoms with E-state index in [1.165, 1.54) is 4.90 Å². The van der Waals surface area contributed by atoms with Gasteiger partial charge in [0.05, 0.1) is 6.04 Å². The summed E-state index contributed by atoms with van der Waals surface area (Å²) in [5, 5.41) is 0. The van der Waals surface area contributed by atoms with Gasteiger partial charge in [-0.15, -0.1) is 0 Å². The zero-order valence-corrected chi connectivity index (χ0v) is 8.36. The van der Waals surface area contributed by atoms with Gasteiger partial charge in [-0.05, 0) is 12.8 Å². The van der Waals surface area contributed by atoms with E-state index in [-0.39, 0.29) is 11.8 Å². The van der Waals surface area contributed by atoms with E-state index in [0.29, 0.717) is 32.4 Å². The lowest BCUT2D eigenvalue weighted by Crippen LogP contribution is -2.51. The summed E-state index contributed by atoms with van der Waals surface area (Å²) in [4.78, 5) is 24.1. The number of ether oxygens (including phenoxy) is 1. The molecule has 1 atom stereocenters. The van der Waals surface area contributed by atoms with Gasteiger partial charge in [0.1, 0.15) is 0 Å². The molecule has 5 nitrogen and oxygen atoms in total. The highest BCUT2D eigenvalue weighted by Gasteiger charge is 2.31. The smallest absolute Gasteiger partial charge is 0.246 e. The number of imide groups is 1. The van der Waals surface area contributed by atoms with Gasteiger partial charge >= 0.3 is 0 Å². The van der Waals surface area contributed by atoms with Crippen molar-refractivity contribution in [1.82, 2.24) is 4.90 Å². The number of carbonyl (C=O) groups is 2. The number of likely N-dealkylation sites (tertiary alicyclic amines) is 1. The molecule has 1 aliphatic rings. The molecule has 1 rings (SSSR count). The number of carbonyl (C=O) groups excluding carboxylic acids is 2. The second kappa shape index (κ2) is 5.07. The summed E-state index contributed by atoms with van der Waals surface area (Å²) >= 11 is 0. The molecule has 80 valence electrons. The summed E-state index contributed by atoms with van der Waals surface area (Å²) in [6.45, 7) is 0.964. The molecule has 1 aliphatic heterocycles. The molecular weight excluding hydrogens is 184 g/mol. The first-order valence-corrected chi connectivity index (χ1v) is 4.75. The van der Waals surface area contributed by atoms with Crippen molar-refractivity contribution >= 4 is 11.8 Å². The molecule has 0 bridgehead atoms. The largest absolute Gasteiger partial charge is 0.385 e. The van der Waals surface area contributed by atoms with E-state index in [1.54, 1.807) is 7.11 Å². The predicted octanol–water partition coefficient (Wildman–Crippen LogP) is -0.501. The van der Waals surface area contributed by atoms with Gasteiger partial charge in [0.15, 0.2) is 0 Å². The Morgan fingerprint density at radius 2 is 2.29 bits per heavy atom. The number of methoxy groups -OCH3 is 1. The van der Waals surface area contributed by atoms with Crippen LogP contribution in [0.5, 0.6) is 0 Å². The summed E-state index contributed by atoms with van der Waals surface area (Å²) in [6.07, 6.45) is 1.51. The van der Waals surface area contributed by atoms with Crippen LogP contribution < -0.4 is 5.73 Å². The topological polar surface area (TPSA) is 72.6 Å². The monoisotopic (exact) mass is 200 g/mol. The van der Waals surface area contributed by atoms with E-state index < -0.39 is 6.04 Å². The highest BCUT2D eigenvalue weighted by Crippen LogP contribution is 2.11. The van der Waals surface area contributed by atoms with Gasteiger partial charge in [0.25, 0.3) is 0 Å². The predicted molar refractivity (Wildman–Crippen MR) is 50.4 cm³/mol. The Hall–Kier alpha value is -0.940. The summed E-state index contributed by atoms with van der Waals surface area (Å²) in [6, 6.07) is -0.504. The van der Waals surface area contributed by atoms with Gasteiger partial charge in [0, 0.05) is 26.7 Å². The van der Waals surface area contributed by atoms with Gasteiger partial charge in [-0.2, -0.15) is 0 Å². The van der Waals surface area contributed by atoms with Crippen molar-refractivity contribution in [3.8, 4) is 0 Å². The lowest BCUT2D eigenvalue weighted by atomic mass is 10.1. The molecule has 0 unspecified atom stereocenters. The fourth-order valence-electron chi connectivity index (χ4n) is 1.46. The molecule has 0 aromatic carbocycles. The third-order valence-corrected chi connectivity index (χ3v) is 2.28. The van der Waals surface area contributed by atoms with E-state index in [0.717, 1.165) is 0 Å². The Morgan fingerprint density at radius 1 is 1.57 bits per heavy atom. The molecule has 0 radical (unpaired) electrons. The minimum absolute atomic E-state index is 0.118. The molecular formula is C9H16N2O3. The van der Waals surface area contributed by atoms with Gasteiger partial charge in [0.2, 0.25) is 11.8 Å². The Morgan fingerprint density at radius 3 is 2.93 bits per heavy atom. The van der Waals surface area contributed by atoms with Crippen LogP contribution in [0, 0.1) is 0 Å². The lowest BCUT2D eigenvalue weighted by Gasteiger charge is -2.28. The van der Waals surface area contributed by atoms with Crippen LogP contribution in [0.25, 0.3) is 0 Å². The van der Waals surface area contributed by atoms with Gasteiger partial charge in [-0.1, -0.05) is 0 Å². The molecule has 0 aromatic heterocycles. The quantitative estimate of drug-likeness (QED) is 0.490. The lowest BCUT2D eigenvalue weighted by molar-refractivity contribution is -0.149. The van der Waals surface area contributed by atoms with E-state index >= 15 is 0 Å². The van der Waals surface area contributed by atoms with Crippen LogP contribution in [0.2, 0.25) is 0 Å². The van der Waals surface area contributed by atoms with E-state index in [2.05, 4.69) is 0 Å². The zero-order valence-electron chi connectivity index (χ0n) is 8.36. The molecule has 0 aliphatic carbocycles. The van der Waals surface area contributed by atoms with Crippen LogP contribution in [0.15, 0.2) is 0 Å². The number of rotatable bonds is 4. The summed E-state index contributed by atoms with van der Waals surface area (Å²) in [5.74, 6) is -0.370. The average molecular weight is 200 g/mol. The number of nitrogens with zero attached hydrogens (tertiary/aromatic N) is 1. The van der Waals surface area contributed by atoms with Crippen LogP contribution >= 0.6 is 0 Å². The van der Waals surface area contributed by atoms with Crippen LogP contribution in [0.1, 0.15) is 19.3 Å². The third-order valence-electron chi connectivity index (χ3n) is 2.28. The maximum Gasteiger partial charge on any atom is 0.246 e. The van der Waals surface area contributed by atoms with Crippen molar-refractivity contribution in [2.45, 2.75) is 25.3 Å². The average Bonchev–Trinajstić information content (AvgIpc) is 2.18. The molecule has 0 spiro atoms. The second-order valence-corrected chi connectivity index (χ2v) is 3.38. The fraction of sp³-hybridized carbons (Fsp3) is 0.778. The van der Waals surface area contributed by atoms with Gasteiger partial charge in [-0.3, -0.25) is 14.5 Å². The number of nitrogens with two attached hydrogens (primary N) is 1. The Bertz CT molecular complexity index is 230. The molecule has 0 saturated carbocycles. The number of hydrogen-bond acceptors (Lipinski definition) is 4. The van der Waals surface area contributed by atoms with Crippen molar-refractivity contribution in [2.24, 2.45) is 5.73 Å². The van der Waals surface area contributed by atoms with Crippen molar-refractivity contribution in [2.75, 3.05) is 20.3 Å². The van der Waals surface area contributed by atoms with Crippen LogP contribution in [0.3, 0.4) is 0 Å². The highest BCUT2D eigenvalue weighted by molar-refractivity contribution is 6.00. The molecule has 14 heavy (non-hydrogen) atoms. The van der Waals surface area contributed by atoms with Crippen LogP contribution in [-0.2, 0) is 14.3 Å². The maximum atomic E-state index is 11.5. The Kier molecular flexibility index (Phi) is 4.03. The number of amides is 2. The standard InChI is InChI=1S/C9H16N2O3/c1-14-6-2-5-11-8(12)4-3-7(10)9(11)13/h7H,2-6,10H2,1H3/t7-/m0/s1. The van der Waals surface area contributed by atoms with E-state index in [1.807, 2.05) is 0 Å². The summed E-state index contributed by atoms with van der Waals surface area (Å²) in [7, 11) is 1.59. The second-order valence-electron chi connectivity index (χ2n) is 3.38. The molecule has 1 fully saturated rings. The maximum absolute atomic E-state index is 11.5. The van der Waals surface area contributed by atoms with Gasteiger partial charge in [-0.25, -0.2) is 0 Å². The molecule has 0 aromatic rings. The van der Waals surface area contributed by atoms with Gasteiger partial charge < -0.3 is 10.5 Å². The molecule has 2 N–H and O–H groups in total. The molecule has 2 amide bonds. The SMILES string of the molecule is COCCCN1C(=O)CC[C@H](N)C1=O. The van der Waals surface area contributed by atoms with E-state index in [9.17, 15) is 9.59 Å². The van der Waals surface area contributed by atoms with Crippen LogP contribution in [-0.4, -0.2) is 43.0 Å². The minimum atomic E-state index is -0.504. The van der Waals surface area contributed by atoms with Crippen molar-refractivity contribution in [3.63, 3.8) is 0 Å². The van der Waals surface area contributed by atoms with Crippen molar-refractivity contribution in [1.29, 1.82) is 0 Å². The minimum Gasteiger partial charge on any atom is -0.385 e. The van der Waals surface area contributed by atoms with Crippen LogP contribution in [0.4, 0.5) is 0 Å². The summed E-state index contributed by atoms with van der Waals surface area (Å²) < 4.78 is 4.85. The molecule has 5 heteroatoms. The zero-order chi connectivity index (χ0) is 10.6. The first-order valence-electron chi connectivity index (χ1n) is 4.75. The highest BCUT2D eigenvalue weighted by atomic mass is 16.5. The van der Waals surface area contributed by atoms with Crippen molar-refractivity contribution < 1.29 is 14.3 Å². The number of hydrogen-bond donors (Lipinski definition) is 1. The van der Waals surface area contributed by atoms with Crippen molar-refractivity contribution in [3.05, 3.63) is 0 Å². The third kappa shape index (κ3) is 2.52. The number of piperidine rings is 1. The Balaban J connectivity index is 2.46. The summed E-state index contributed by atoms with van der Waals surface area (Å²) in [5.41, 5.74) is 5.56. The fourth-order valence-corrected chi connectivity index (χ4v) is 1.46. The molecule has 1 heterocycles. The Labute approximate surface area is 83.2 Å². The molecule has 1 saturated heterocycles. The first-order chi connectivity index (χ1) is 6.66. The normalized spacial score (nSPS) is 23.0. The van der Waals surface area contributed by atoms with E-state index in [4.69, 9.17) is 10.5 Å². The first kappa shape index (κ1) is 11.1.